The third-order valence-corrected chi connectivity index (χ3v) is 1.51. The Kier molecular flexibility index (Phi) is 3.13. The van der Waals surface area contributed by atoms with Crippen molar-refractivity contribution in [1.29, 1.82) is 0 Å². The molecule has 0 saturated heterocycles. The van der Waals surface area contributed by atoms with E-state index in [9.17, 15) is 0 Å². The van der Waals surface area contributed by atoms with Crippen LogP contribution in [0.3, 0.4) is 0 Å². The summed E-state index contributed by atoms with van der Waals surface area (Å²) in [5.74, 6) is 0.266. The van der Waals surface area contributed by atoms with E-state index in [1.807, 2.05) is 16.9 Å². The smallest absolute Gasteiger partial charge is 0.139 e. The van der Waals surface area contributed by atoms with Crippen LogP contribution >= 0.6 is 0 Å². The van der Waals surface area contributed by atoms with Gasteiger partial charge < -0.3 is 10.9 Å². The van der Waals surface area contributed by atoms with E-state index in [0.29, 0.717) is 6.42 Å². The molecule has 12 heavy (non-hydrogen) atoms. The van der Waals surface area contributed by atoms with Crippen molar-refractivity contribution < 1.29 is 5.21 Å². The number of rotatable bonds is 4. The SMILES string of the molecule is N/C(CCCn1cccn1)=N\O. The van der Waals surface area contributed by atoms with Gasteiger partial charge in [0.25, 0.3) is 0 Å². The Morgan fingerprint density at radius 1 is 1.67 bits per heavy atom. The molecule has 5 heteroatoms. The highest BCUT2D eigenvalue weighted by molar-refractivity contribution is 5.79. The molecule has 1 aromatic rings. The van der Waals surface area contributed by atoms with Crippen LogP contribution in [0.15, 0.2) is 23.6 Å². The Hall–Kier alpha value is -1.52. The second-order valence-electron chi connectivity index (χ2n) is 2.46. The van der Waals surface area contributed by atoms with Crippen LogP contribution in [-0.2, 0) is 6.54 Å². The summed E-state index contributed by atoms with van der Waals surface area (Å²) in [5.41, 5.74) is 5.28. The summed E-state index contributed by atoms with van der Waals surface area (Å²) in [5, 5.41) is 15.1. The highest BCUT2D eigenvalue weighted by atomic mass is 16.4. The second-order valence-corrected chi connectivity index (χ2v) is 2.46. The molecule has 0 aromatic carbocycles. The van der Waals surface area contributed by atoms with E-state index in [-0.39, 0.29) is 5.84 Å². The molecule has 0 atom stereocenters. The largest absolute Gasteiger partial charge is 0.409 e. The van der Waals surface area contributed by atoms with Crippen molar-refractivity contribution in [3.8, 4) is 0 Å². The number of aromatic nitrogens is 2. The molecule has 1 rings (SSSR count). The maximum Gasteiger partial charge on any atom is 0.139 e. The molecule has 1 heterocycles. The predicted octanol–water partition coefficient (Wildman–Crippen LogP) is 0.410. The van der Waals surface area contributed by atoms with E-state index in [2.05, 4.69) is 10.3 Å². The van der Waals surface area contributed by atoms with Crippen molar-refractivity contribution in [2.75, 3.05) is 0 Å². The van der Waals surface area contributed by atoms with Gasteiger partial charge in [-0.15, -0.1) is 0 Å². The van der Waals surface area contributed by atoms with Crippen LogP contribution in [0, 0.1) is 0 Å². The fourth-order valence-corrected chi connectivity index (χ4v) is 0.905. The Morgan fingerprint density at radius 3 is 3.08 bits per heavy atom. The van der Waals surface area contributed by atoms with Crippen molar-refractivity contribution in [3.63, 3.8) is 0 Å². The van der Waals surface area contributed by atoms with Gasteiger partial charge in [-0.2, -0.15) is 5.10 Å². The lowest BCUT2D eigenvalue weighted by atomic mass is 10.3. The topological polar surface area (TPSA) is 76.4 Å². The zero-order chi connectivity index (χ0) is 8.81. The number of nitrogens with zero attached hydrogens (tertiary/aromatic N) is 3. The van der Waals surface area contributed by atoms with Crippen LogP contribution in [0.2, 0.25) is 0 Å². The third kappa shape index (κ3) is 2.61. The molecule has 0 unspecified atom stereocenters. The molecule has 0 spiro atoms. The molecule has 3 N–H and O–H groups in total. The van der Waals surface area contributed by atoms with E-state index in [4.69, 9.17) is 10.9 Å². The standard InChI is InChI=1S/C7H12N4O/c8-7(10-12)3-1-5-11-6-2-4-9-11/h2,4,6,12H,1,3,5H2,(H2,8,10). The van der Waals surface area contributed by atoms with Gasteiger partial charge in [0.05, 0.1) is 0 Å². The van der Waals surface area contributed by atoms with Gasteiger partial charge in [0.1, 0.15) is 5.84 Å². The number of aryl methyl sites for hydroxylation is 1. The first-order valence-corrected chi connectivity index (χ1v) is 3.77. The third-order valence-electron chi connectivity index (χ3n) is 1.51. The molecular weight excluding hydrogens is 156 g/mol. The molecular formula is C7H12N4O. The van der Waals surface area contributed by atoms with Crippen LogP contribution in [0.4, 0.5) is 0 Å². The summed E-state index contributed by atoms with van der Waals surface area (Å²) in [7, 11) is 0. The summed E-state index contributed by atoms with van der Waals surface area (Å²) < 4.78 is 1.81. The fraction of sp³-hybridized carbons (Fsp3) is 0.429. The maximum atomic E-state index is 8.23. The molecule has 66 valence electrons. The van der Waals surface area contributed by atoms with Gasteiger partial charge in [0.2, 0.25) is 0 Å². The van der Waals surface area contributed by atoms with E-state index < -0.39 is 0 Å². The van der Waals surface area contributed by atoms with Crippen LogP contribution in [0.5, 0.6) is 0 Å². The molecule has 0 bridgehead atoms. The lowest BCUT2D eigenvalue weighted by Gasteiger charge is -1.99. The molecule has 0 aliphatic heterocycles. The zero-order valence-corrected chi connectivity index (χ0v) is 6.72. The molecule has 0 amide bonds. The number of nitrogens with two attached hydrogens (primary N) is 1. The minimum Gasteiger partial charge on any atom is -0.409 e. The molecule has 0 saturated carbocycles. The van der Waals surface area contributed by atoms with Gasteiger partial charge in [-0.25, -0.2) is 0 Å². The zero-order valence-electron chi connectivity index (χ0n) is 6.72. The average molecular weight is 168 g/mol. The number of oxime groups is 1. The summed E-state index contributed by atoms with van der Waals surface area (Å²) >= 11 is 0. The fourth-order valence-electron chi connectivity index (χ4n) is 0.905. The van der Waals surface area contributed by atoms with Gasteiger partial charge >= 0.3 is 0 Å². The van der Waals surface area contributed by atoms with Gasteiger partial charge in [-0.3, -0.25) is 4.68 Å². The van der Waals surface area contributed by atoms with Crippen LogP contribution in [0.25, 0.3) is 0 Å². The quantitative estimate of drug-likeness (QED) is 0.296. The first-order valence-electron chi connectivity index (χ1n) is 3.77. The lowest BCUT2D eigenvalue weighted by molar-refractivity contribution is 0.316. The molecule has 0 aliphatic rings. The van der Waals surface area contributed by atoms with Crippen molar-refractivity contribution >= 4 is 5.84 Å². The van der Waals surface area contributed by atoms with Crippen molar-refractivity contribution in [3.05, 3.63) is 18.5 Å². The van der Waals surface area contributed by atoms with Gasteiger partial charge in [0, 0.05) is 25.4 Å². The summed E-state index contributed by atoms with van der Waals surface area (Å²) in [4.78, 5) is 0. The predicted molar refractivity (Wildman–Crippen MR) is 44.9 cm³/mol. The normalized spacial score (nSPS) is 11.8. The van der Waals surface area contributed by atoms with Crippen LogP contribution in [-0.4, -0.2) is 20.8 Å². The van der Waals surface area contributed by atoms with Crippen LogP contribution in [0.1, 0.15) is 12.8 Å². The molecule has 1 aromatic heterocycles. The first-order chi connectivity index (χ1) is 5.83. The Labute approximate surface area is 70.5 Å². The monoisotopic (exact) mass is 168 g/mol. The van der Waals surface area contributed by atoms with Crippen molar-refractivity contribution in [1.82, 2.24) is 9.78 Å². The second kappa shape index (κ2) is 4.38. The van der Waals surface area contributed by atoms with Gasteiger partial charge in [-0.05, 0) is 12.5 Å². The van der Waals surface area contributed by atoms with Crippen LogP contribution < -0.4 is 5.73 Å². The molecule has 0 radical (unpaired) electrons. The molecule has 0 aliphatic carbocycles. The highest BCUT2D eigenvalue weighted by Crippen LogP contribution is 1.93. The van der Waals surface area contributed by atoms with E-state index in [1.165, 1.54) is 0 Å². The number of hydrogen-bond acceptors (Lipinski definition) is 3. The number of hydrogen-bond donors (Lipinski definition) is 2. The Balaban J connectivity index is 2.19. The van der Waals surface area contributed by atoms with Crippen molar-refractivity contribution in [2.45, 2.75) is 19.4 Å². The van der Waals surface area contributed by atoms with E-state index in [1.54, 1.807) is 6.20 Å². The van der Waals surface area contributed by atoms with E-state index >= 15 is 0 Å². The van der Waals surface area contributed by atoms with Crippen molar-refractivity contribution in [2.24, 2.45) is 10.9 Å². The lowest BCUT2D eigenvalue weighted by Crippen LogP contribution is -2.12. The van der Waals surface area contributed by atoms with Gasteiger partial charge in [-0.1, -0.05) is 5.16 Å². The molecule has 5 nitrogen and oxygen atoms in total. The number of amidine groups is 1. The minimum absolute atomic E-state index is 0.266. The summed E-state index contributed by atoms with van der Waals surface area (Å²) in [6, 6.07) is 1.86. The average Bonchev–Trinajstić information content (AvgIpc) is 2.57. The van der Waals surface area contributed by atoms with E-state index in [0.717, 1.165) is 13.0 Å². The highest BCUT2D eigenvalue weighted by Gasteiger charge is 1.94. The Morgan fingerprint density at radius 2 is 2.50 bits per heavy atom. The Bertz CT molecular complexity index is 242. The minimum atomic E-state index is 0.266. The van der Waals surface area contributed by atoms with Gasteiger partial charge in [0.15, 0.2) is 0 Å². The molecule has 0 fully saturated rings. The summed E-state index contributed by atoms with van der Waals surface area (Å²) in [6.45, 7) is 0.795. The summed E-state index contributed by atoms with van der Waals surface area (Å²) in [6.07, 6.45) is 5.03. The maximum absolute atomic E-state index is 8.23. The first kappa shape index (κ1) is 8.58.